The Hall–Kier alpha value is 1.35. The van der Waals surface area contributed by atoms with Crippen molar-refractivity contribution in [3.05, 3.63) is 0 Å². The Bertz CT molecular complexity index is 50.5. The van der Waals surface area contributed by atoms with Gasteiger partial charge in [-0.15, -0.1) is 0 Å². The summed E-state index contributed by atoms with van der Waals surface area (Å²) in [5, 5.41) is 0.619. The van der Waals surface area contributed by atoms with Crippen LogP contribution in [0.2, 0.25) is 0 Å². The van der Waals surface area contributed by atoms with Crippen LogP contribution in [0.15, 0.2) is 0 Å². The summed E-state index contributed by atoms with van der Waals surface area (Å²) in [6.45, 7) is 0. The van der Waals surface area contributed by atoms with Crippen LogP contribution in [0.25, 0.3) is 0 Å². The van der Waals surface area contributed by atoms with E-state index in [1.165, 1.54) is 32.1 Å². The zero-order chi connectivity index (χ0) is 5.11. The van der Waals surface area contributed by atoms with Gasteiger partial charge < -0.3 is 12.6 Å². The summed E-state index contributed by atoms with van der Waals surface area (Å²) in [6, 6.07) is 0. The van der Waals surface area contributed by atoms with Gasteiger partial charge in [0, 0.05) is 0 Å². The van der Waals surface area contributed by atoms with Crippen LogP contribution in [0.5, 0.6) is 0 Å². The maximum atomic E-state index is 5.09. The van der Waals surface area contributed by atoms with Gasteiger partial charge in [-0.3, -0.25) is 0 Å². The molecule has 42 valence electrons. The van der Waals surface area contributed by atoms with Crippen LogP contribution in [0.4, 0.5) is 0 Å². The second-order valence-corrected chi connectivity index (χ2v) is 2.93. The van der Waals surface area contributed by atoms with Crippen molar-refractivity contribution in [1.29, 1.82) is 0 Å². The van der Waals surface area contributed by atoms with Crippen molar-refractivity contribution < 1.29 is 29.6 Å². The fourth-order valence-electron chi connectivity index (χ4n) is 1.07. The minimum atomic E-state index is 0. The molecule has 0 spiro atoms. The molecule has 1 rings (SSSR count). The molecule has 0 unspecified atom stereocenters. The average Bonchev–Trinajstić information content (AvgIpc) is 1.69. The van der Waals surface area contributed by atoms with Crippen LogP contribution in [-0.4, -0.2) is 5.25 Å². The van der Waals surface area contributed by atoms with Gasteiger partial charge in [0.2, 0.25) is 0 Å². The van der Waals surface area contributed by atoms with E-state index in [2.05, 4.69) is 0 Å². The van der Waals surface area contributed by atoms with E-state index in [1.54, 1.807) is 0 Å². The van der Waals surface area contributed by atoms with E-state index >= 15 is 0 Å². The Morgan fingerprint density at radius 3 is 1.75 bits per heavy atom. The van der Waals surface area contributed by atoms with Gasteiger partial charge in [0.1, 0.15) is 0 Å². The van der Waals surface area contributed by atoms with Crippen molar-refractivity contribution in [1.82, 2.24) is 0 Å². The first-order valence-corrected chi connectivity index (χ1v) is 3.52. The van der Waals surface area contributed by atoms with Crippen LogP contribution in [0.3, 0.4) is 0 Å². The van der Waals surface area contributed by atoms with Gasteiger partial charge in [0.15, 0.2) is 0 Å². The quantitative estimate of drug-likeness (QED) is 0.301. The van der Waals surface area contributed by atoms with E-state index in [4.69, 9.17) is 12.6 Å². The molecule has 1 aliphatic carbocycles. The molecule has 0 heterocycles. The molecular formula is C6H11NaS. The second-order valence-electron chi connectivity index (χ2n) is 2.26. The summed E-state index contributed by atoms with van der Waals surface area (Å²) in [5.41, 5.74) is 0. The van der Waals surface area contributed by atoms with E-state index < -0.39 is 0 Å². The first-order chi connectivity index (χ1) is 3.39. The molecule has 0 saturated heterocycles. The largest absolute Gasteiger partial charge is 1.00 e. The normalized spacial score (nSPS) is 22.1. The van der Waals surface area contributed by atoms with Gasteiger partial charge in [0.05, 0.1) is 0 Å². The van der Waals surface area contributed by atoms with Gasteiger partial charge in [-0.2, -0.15) is 5.25 Å². The number of hydrogen-bond acceptors (Lipinski definition) is 1. The molecule has 0 atom stereocenters. The van der Waals surface area contributed by atoms with Crippen LogP contribution < -0.4 is 29.6 Å². The summed E-state index contributed by atoms with van der Waals surface area (Å²) in [7, 11) is 0. The monoisotopic (exact) mass is 138 g/mol. The Morgan fingerprint density at radius 1 is 1.00 bits per heavy atom. The van der Waals surface area contributed by atoms with Crippen molar-refractivity contribution in [3.8, 4) is 0 Å². The molecule has 0 amide bonds. The molecule has 0 radical (unpaired) electrons. The maximum Gasteiger partial charge on any atom is 1.00 e. The summed E-state index contributed by atoms with van der Waals surface area (Å²) in [4.78, 5) is 0. The average molecular weight is 138 g/mol. The molecule has 8 heavy (non-hydrogen) atoms. The summed E-state index contributed by atoms with van der Waals surface area (Å²) < 4.78 is 0. The fourth-order valence-corrected chi connectivity index (χ4v) is 1.40. The number of hydrogen-bond donors (Lipinski definition) is 0. The van der Waals surface area contributed by atoms with Gasteiger partial charge in [-0.05, 0) is 0 Å². The third-order valence-electron chi connectivity index (χ3n) is 1.55. The van der Waals surface area contributed by atoms with Crippen LogP contribution in [0, 0.1) is 0 Å². The summed E-state index contributed by atoms with van der Waals surface area (Å²) in [6.07, 6.45) is 6.79. The van der Waals surface area contributed by atoms with Crippen molar-refractivity contribution in [2.24, 2.45) is 0 Å². The van der Waals surface area contributed by atoms with E-state index in [0.717, 1.165) is 0 Å². The van der Waals surface area contributed by atoms with E-state index in [-0.39, 0.29) is 29.6 Å². The van der Waals surface area contributed by atoms with Gasteiger partial charge >= 0.3 is 29.6 Å². The van der Waals surface area contributed by atoms with Gasteiger partial charge in [-0.1, -0.05) is 32.1 Å². The maximum absolute atomic E-state index is 5.09. The second kappa shape index (κ2) is 5.16. The molecule has 1 aliphatic rings. The Balaban J connectivity index is 0.000000490. The van der Waals surface area contributed by atoms with Crippen molar-refractivity contribution in [3.63, 3.8) is 0 Å². The Morgan fingerprint density at radius 2 is 1.50 bits per heavy atom. The molecule has 1 saturated carbocycles. The Kier molecular flexibility index (Phi) is 6.03. The van der Waals surface area contributed by atoms with Gasteiger partial charge in [-0.25, -0.2) is 0 Å². The number of rotatable bonds is 0. The van der Waals surface area contributed by atoms with Gasteiger partial charge in [0.25, 0.3) is 0 Å². The van der Waals surface area contributed by atoms with Crippen molar-refractivity contribution in [2.75, 3.05) is 0 Å². The summed E-state index contributed by atoms with van der Waals surface area (Å²) >= 11 is 5.09. The fraction of sp³-hybridized carbons (Fsp3) is 1.00. The molecule has 0 aromatic heterocycles. The SMILES string of the molecule is [Na+].[S-]C1CCCCC1. The molecule has 0 bridgehead atoms. The first-order valence-electron chi connectivity index (χ1n) is 3.05. The predicted molar refractivity (Wildman–Crippen MR) is 34.2 cm³/mol. The Labute approximate surface area is 79.1 Å². The van der Waals surface area contributed by atoms with E-state index in [1.807, 2.05) is 0 Å². The molecule has 1 fully saturated rings. The topological polar surface area (TPSA) is 0 Å². The van der Waals surface area contributed by atoms with Crippen LogP contribution in [0.1, 0.15) is 32.1 Å². The van der Waals surface area contributed by atoms with Crippen LogP contribution >= 0.6 is 0 Å². The zero-order valence-corrected chi connectivity index (χ0v) is 8.34. The smallest absolute Gasteiger partial charge is 0.789 e. The molecule has 0 aromatic carbocycles. The summed E-state index contributed by atoms with van der Waals surface area (Å²) in [5.74, 6) is 0. The third kappa shape index (κ3) is 3.39. The standard InChI is InChI=1S/C6H12S.Na/c7-6-4-2-1-3-5-6;/h6-7H,1-5H2;/q;+1/p-1. The molecule has 0 N–H and O–H groups in total. The van der Waals surface area contributed by atoms with Crippen molar-refractivity contribution in [2.45, 2.75) is 37.4 Å². The minimum absolute atomic E-state index is 0. The molecule has 0 nitrogen and oxygen atoms in total. The zero-order valence-electron chi connectivity index (χ0n) is 5.52. The molecular weight excluding hydrogens is 127 g/mol. The molecule has 0 aromatic rings. The molecule has 2 heteroatoms. The van der Waals surface area contributed by atoms with Crippen LogP contribution in [-0.2, 0) is 12.6 Å². The first kappa shape index (κ1) is 9.35. The third-order valence-corrected chi connectivity index (χ3v) is 2.02. The van der Waals surface area contributed by atoms with E-state index in [0.29, 0.717) is 5.25 Å². The minimum Gasteiger partial charge on any atom is -0.789 e. The molecule has 0 aliphatic heterocycles. The van der Waals surface area contributed by atoms with Crippen molar-refractivity contribution >= 4 is 12.6 Å². The predicted octanol–water partition coefficient (Wildman–Crippen LogP) is -1.13. The van der Waals surface area contributed by atoms with E-state index in [9.17, 15) is 0 Å².